The Balaban J connectivity index is 2.03. The summed E-state index contributed by atoms with van der Waals surface area (Å²) in [5.41, 5.74) is -2.14. The lowest BCUT2D eigenvalue weighted by molar-refractivity contribution is -0.0803. The van der Waals surface area contributed by atoms with Gasteiger partial charge in [0.05, 0.1) is 30.2 Å². The number of aromatic nitrogens is 1. The molecule has 5 heteroatoms. The van der Waals surface area contributed by atoms with Crippen molar-refractivity contribution in [2.75, 3.05) is 0 Å². The van der Waals surface area contributed by atoms with Crippen LogP contribution in [0.5, 0.6) is 0 Å². The Bertz CT molecular complexity index is 537. The van der Waals surface area contributed by atoms with Gasteiger partial charge in [0.2, 0.25) is 0 Å². The van der Waals surface area contributed by atoms with E-state index in [0.717, 1.165) is 19.0 Å². The van der Waals surface area contributed by atoms with Crippen molar-refractivity contribution >= 4 is 0 Å². The van der Waals surface area contributed by atoms with Gasteiger partial charge in [-0.1, -0.05) is 0 Å². The van der Waals surface area contributed by atoms with E-state index in [0.29, 0.717) is 12.1 Å². The predicted molar refractivity (Wildman–Crippen MR) is 64.3 cm³/mol. The molecule has 0 saturated carbocycles. The maximum Gasteiger partial charge on any atom is 0.141 e. The van der Waals surface area contributed by atoms with Gasteiger partial charge in [0.15, 0.2) is 0 Å². The largest absolute Gasteiger partial charge is 0.382 e. The average molecular weight is 262 g/mol. The first-order valence-corrected chi connectivity index (χ1v) is 6.41. The van der Waals surface area contributed by atoms with E-state index in [9.17, 15) is 14.8 Å². The third kappa shape index (κ3) is 1.60. The van der Waals surface area contributed by atoms with Crippen LogP contribution >= 0.6 is 0 Å². The van der Waals surface area contributed by atoms with Gasteiger partial charge >= 0.3 is 0 Å². The molecule has 4 nitrogen and oxygen atoms in total. The summed E-state index contributed by atoms with van der Waals surface area (Å²) in [6.45, 7) is 1.57. The number of nitrogens with zero attached hydrogens (tertiary/aromatic N) is 2. The number of fused-ring (bicyclic) bond motifs is 2. The number of rotatable bonds is 2. The number of pyridine rings is 1. The summed E-state index contributed by atoms with van der Waals surface area (Å²) >= 11 is 0. The van der Waals surface area contributed by atoms with E-state index in [1.54, 1.807) is 6.92 Å². The average Bonchev–Trinajstić information content (AvgIpc) is 3.00. The summed E-state index contributed by atoms with van der Waals surface area (Å²) in [7, 11) is 0. The van der Waals surface area contributed by atoms with Crippen LogP contribution in [-0.2, 0) is 10.3 Å². The van der Waals surface area contributed by atoms with Crippen LogP contribution in [0.3, 0.4) is 0 Å². The number of ether oxygens (including phenoxy) is 1. The van der Waals surface area contributed by atoms with Gasteiger partial charge < -0.3 is 9.84 Å². The fraction of sp³-hybridized carbons (Fsp3) is 0.571. The Morgan fingerprint density at radius 2 is 2.37 bits per heavy atom. The highest BCUT2D eigenvalue weighted by atomic mass is 19.1. The highest BCUT2D eigenvalue weighted by molar-refractivity contribution is 5.27. The fourth-order valence-electron chi connectivity index (χ4n) is 3.34. The molecule has 1 aromatic heterocycles. The van der Waals surface area contributed by atoms with Gasteiger partial charge in [0.25, 0.3) is 0 Å². The van der Waals surface area contributed by atoms with Crippen molar-refractivity contribution < 1.29 is 14.2 Å². The number of halogens is 1. The van der Waals surface area contributed by atoms with E-state index in [-0.39, 0.29) is 12.2 Å². The Morgan fingerprint density at radius 1 is 1.58 bits per heavy atom. The van der Waals surface area contributed by atoms with Crippen molar-refractivity contribution in [1.82, 2.24) is 4.98 Å². The first-order valence-electron chi connectivity index (χ1n) is 6.41. The highest BCUT2D eigenvalue weighted by Crippen LogP contribution is 2.56. The van der Waals surface area contributed by atoms with Gasteiger partial charge in [-0.25, -0.2) is 4.39 Å². The molecule has 0 aliphatic carbocycles. The first-order chi connectivity index (χ1) is 8.99. The molecule has 3 rings (SSSR count). The maximum absolute atomic E-state index is 12.9. The molecule has 1 aromatic rings. The SMILES string of the molecule is CC(O)(c1ccc(F)cn1)C1(C#N)CC2CCC1O2. The van der Waals surface area contributed by atoms with Crippen molar-refractivity contribution in [3.05, 3.63) is 29.8 Å². The molecule has 100 valence electrons. The number of hydrogen-bond donors (Lipinski definition) is 1. The zero-order valence-corrected chi connectivity index (χ0v) is 10.6. The van der Waals surface area contributed by atoms with Crippen LogP contribution in [0.25, 0.3) is 0 Å². The van der Waals surface area contributed by atoms with E-state index in [1.807, 2.05) is 0 Å². The molecule has 4 atom stereocenters. The van der Waals surface area contributed by atoms with Crippen molar-refractivity contribution in [2.24, 2.45) is 5.41 Å². The van der Waals surface area contributed by atoms with E-state index in [1.165, 1.54) is 12.1 Å². The zero-order chi connectivity index (χ0) is 13.7. The Hall–Kier alpha value is -1.51. The zero-order valence-electron chi connectivity index (χ0n) is 10.6. The number of nitriles is 1. The van der Waals surface area contributed by atoms with Gasteiger partial charge in [-0.05, 0) is 38.3 Å². The molecule has 1 N–H and O–H groups in total. The molecule has 4 unspecified atom stereocenters. The molecule has 0 spiro atoms. The lowest BCUT2D eigenvalue weighted by Gasteiger charge is -2.40. The molecular weight excluding hydrogens is 247 g/mol. The first kappa shape index (κ1) is 12.5. The Labute approximate surface area is 110 Å². The van der Waals surface area contributed by atoms with Crippen LogP contribution in [0.2, 0.25) is 0 Å². The lowest BCUT2D eigenvalue weighted by Crippen LogP contribution is -2.49. The van der Waals surface area contributed by atoms with Crippen LogP contribution in [0.4, 0.5) is 4.39 Å². The number of hydrogen-bond acceptors (Lipinski definition) is 4. The molecule has 2 bridgehead atoms. The van der Waals surface area contributed by atoms with E-state index in [2.05, 4.69) is 11.1 Å². The van der Waals surface area contributed by atoms with E-state index < -0.39 is 16.8 Å². The minimum absolute atomic E-state index is 0.0385. The molecule has 2 aliphatic rings. The fourth-order valence-corrected chi connectivity index (χ4v) is 3.34. The summed E-state index contributed by atoms with van der Waals surface area (Å²) in [6.07, 6.45) is 3.03. The molecule has 2 aliphatic heterocycles. The third-order valence-electron chi connectivity index (χ3n) is 4.50. The van der Waals surface area contributed by atoms with Crippen molar-refractivity contribution in [3.8, 4) is 6.07 Å². The van der Waals surface area contributed by atoms with Crippen LogP contribution in [-0.4, -0.2) is 22.3 Å². The summed E-state index contributed by atoms with van der Waals surface area (Å²) < 4.78 is 18.7. The Morgan fingerprint density at radius 3 is 2.84 bits per heavy atom. The molecule has 2 saturated heterocycles. The summed E-state index contributed by atoms with van der Waals surface area (Å²) in [5.74, 6) is -0.463. The van der Waals surface area contributed by atoms with Gasteiger partial charge in [-0.2, -0.15) is 5.26 Å². The third-order valence-corrected chi connectivity index (χ3v) is 4.50. The van der Waals surface area contributed by atoms with Crippen LogP contribution in [0, 0.1) is 22.6 Å². The predicted octanol–water partition coefficient (Wildman–Crippen LogP) is 1.89. The standard InChI is InChI=1S/C14H15FN2O2/c1-13(18,11-4-2-9(15)7-17-11)14(8-16)6-10-3-5-12(14)19-10/h2,4,7,10,12,18H,3,5-6H2,1H3. The second-order valence-corrected chi connectivity index (χ2v) is 5.55. The summed E-state index contributed by atoms with van der Waals surface area (Å²) in [5, 5.41) is 20.5. The second-order valence-electron chi connectivity index (χ2n) is 5.55. The van der Waals surface area contributed by atoms with E-state index >= 15 is 0 Å². The number of aliphatic hydroxyl groups is 1. The summed E-state index contributed by atoms with van der Waals surface area (Å²) in [6, 6.07) is 4.93. The highest BCUT2D eigenvalue weighted by Gasteiger charge is 2.63. The molecule has 0 aromatic carbocycles. The smallest absolute Gasteiger partial charge is 0.141 e. The quantitative estimate of drug-likeness (QED) is 0.883. The van der Waals surface area contributed by atoms with Gasteiger partial charge in [-0.3, -0.25) is 4.98 Å². The maximum atomic E-state index is 12.9. The molecule has 2 fully saturated rings. The van der Waals surface area contributed by atoms with Crippen LogP contribution < -0.4 is 0 Å². The summed E-state index contributed by atoms with van der Waals surface area (Å²) in [4.78, 5) is 3.94. The van der Waals surface area contributed by atoms with Gasteiger partial charge in [-0.15, -0.1) is 0 Å². The molecule has 0 radical (unpaired) electrons. The molecule has 3 heterocycles. The van der Waals surface area contributed by atoms with Crippen LogP contribution in [0.15, 0.2) is 18.3 Å². The molecule has 0 amide bonds. The van der Waals surface area contributed by atoms with Crippen LogP contribution in [0.1, 0.15) is 31.9 Å². The normalized spacial score (nSPS) is 35.9. The topological polar surface area (TPSA) is 66.1 Å². The monoisotopic (exact) mass is 262 g/mol. The van der Waals surface area contributed by atoms with Gasteiger partial charge in [0.1, 0.15) is 16.8 Å². The van der Waals surface area contributed by atoms with E-state index in [4.69, 9.17) is 4.74 Å². The minimum atomic E-state index is -1.45. The Kier molecular flexibility index (Phi) is 2.63. The molecule has 19 heavy (non-hydrogen) atoms. The van der Waals surface area contributed by atoms with Gasteiger partial charge in [0, 0.05) is 0 Å². The van der Waals surface area contributed by atoms with Crippen molar-refractivity contribution in [3.63, 3.8) is 0 Å². The lowest BCUT2D eigenvalue weighted by atomic mass is 9.63. The molecular formula is C14H15FN2O2. The minimum Gasteiger partial charge on any atom is -0.382 e. The van der Waals surface area contributed by atoms with Crippen molar-refractivity contribution in [1.29, 1.82) is 5.26 Å². The van der Waals surface area contributed by atoms with Crippen molar-refractivity contribution in [2.45, 2.75) is 44.0 Å². The second kappa shape index (κ2) is 3.99.